The van der Waals surface area contributed by atoms with E-state index < -0.39 is 0 Å². The molecular formula is C13H28N2O2. The summed E-state index contributed by atoms with van der Waals surface area (Å²) in [4.78, 5) is 0. The van der Waals surface area contributed by atoms with E-state index in [0.717, 1.165) is 32.0 Å². The summed E-state index contributed by atoms with van der Waals surface area (Å²) < 4.78 is 11.6. The lowest BCUT2D eigenvalue weighted by Crippen LogP contribution is -2.58. The number of nitrogens with one attached hydrogen (secondary N) is 1. The molecule has 0 aromatic rings. The molecule has 0 spiro atoms. The van der Waals surface area contributed by atoms with E-state index in [0.29, 0.717) is 6.61 Å². The number of nitrogens with two attached hydrogens (primary N) is 1. The minimum Gasteiger partial charge on any atom is -0.380 e. The molecule has 17 heavy (non-hydrogen) atoms. The van der Waals surface area contributed by atoms with Crippen molar-refractivity contribution < 1.29 is 9.47 Å². The van der Waals surface area contributed by atoms with Crippen LogP contribution in [0.5, 0.6) is 0 Å². The Hall–Kier alpha value is -0.160. The highest BCUT2D eigenvalue weighted by Gasteiger charge is 2.41. The Morgan fingerprint density at radius 3 is 2.41 bits per heavy atom. The highest BCUT2D eigenvalue weighted by atomic mass is 16.5. The highest BCUT2D eigenvalue weighted by Crippen LogP contribution is 2.37. The summed E-state index contributed by atoms with van der Waals surface area (Å²) in [6.45, 7) is 8.44. The predicted molar refractivity (Wildman–Crippen MR) is 69.6 cm³/mol. The molecule has 4 nitrogen and oxygen atoms in total. The van der Waals surface area contributed by atoms with Crippen molar-refractivity contribution in [3.63, 3.8) is 0 Å². The van der Waals surface area contributed by atoms with Crippen LogP contribution in [-0.4, -0.2) is 31.5 Å². The molecule has 1 atom stereocenters. The SMILES string of the molecule is CCOCC(NN)C1(OCC)CCC(C)CC1. The Bertz CT molecular complexity index is 204. The predicted octanol–water partition coefficient (Wildman–Crippen LogP) is 1.84. The van der Waals surface area contributed by atoms with Gasteiger partial charge in [0, 0.05) is 13.2 Å². The van der Waals surface area contributed by atoms with Crippen LogP contribution >= 0.6 is 0 Å². The molecule has 1 aliphatic rings. The summed E-state index contributed by atoms with van der Waals surface area (Å²) in [7, 11) is 0. The molecule has 1 fully saturated rings. The lowest BCUT2D eigenvalue weighted by Gasteiger charge is -2.44. The summed E-state index contributed by atoms with van der Waals surface area (Å²) in [5, 5.41) is 0. The molecule has 102 valence electrons. The third kappa shape index (κ3) is 3.91. The number of hydrazine groups is 1. The zero-order chi connectivity index (χ0) is 12.7. The molecule has 1 saturated carbocycles. The third-order valence-corrected chi connectivity index (χ3v) is 3.88. The maximum absolute atomic E-state index is 6.05. The first-order chi connectivity index (χ1) is 8.18. The molecule has 3 N–H and O–H groups in total. The van der Waals surface area contributed by atoms with E-state index in [4.69, 9.17) is 15.3 Å². The van der Waals surface area contributed by atoms with E-state index in [9.17, 15) is 0 Å². The Labute approximate surface area is 105 Å². The van der Waals surface area contributed by atoms with Crippen LogP contribution in [0.1, 0.15) is 46.5 Å². The summed E-state index contributed by atoms with van der Waals surface area (Å²) >= 11 is 0. The van der Waals surface area contributed by atoms with Crippen molar-refractivity contribution in [2.75, 3.05) is 19.8 Å². The molecule has 0 bridgehead atoms. The lowest BCUT2D eigenvalue weighted by atomic mass is 9.75. The van der Waals surface area contributed by atoms with Gasteiger partial charge < -0.3 is 9.47 Å². The van der Waals surface area contributed by atoms with E-state index >= 15 is 0 Å². The van der Waals surface area contributed by atoms with E-state index in [2.05, 4.69) is 12.3 Å². The van der Waals surface area contributed by atoms with Gasteiger partial charge in [-0.3, -0.25) is 11.3 Å². The molecule has 4 heteroatoms. The van der Waals surface area contributed by atoms with Gasteiger partial charge in [-0.1, -0.05) is 6.92 Å². The van der Waals surface area contributed by atoms with Crippen molar-refractivity contribution in [1.82, 2.24) is 5.43 Å². The van der Waals surface area contributed by atoms with Gasteiger partial charge in [-0.25, -0.2) is 0 Å². The molecule has 0 saturated heterocycles. The molecule has 0 radical (unpaired) electrons. The first kappa shape index (κ1) is 14.9. The van der Waals surface area contributed by atoms with E-state index in [1.54, 1.807) is 0 Å². The highest BCUT2D eigenvalue weighted by molar-refractivity contribution is 4.95. The summed E-state index contributed by atoms with van der Waals surface area (Å²) in [5.41, 5.74) is 2.76. The maximum Gasteiger partial charge on any atom is 0.0870 e. The van der Waals surface area contributed by atoms with Gasteiger partial charge in [-0.2, -0.15) is 0 Å². The molecule has 0 amide bonds. The van der Waals surface area contributed by atoms with E-state index in [1.165, 1.54) is 12.8 Å². The van der Waals surface area contributed by atoms with Crippen molar-refractivity contribution in [3.8, 4) is 0 Å². The van der Waals surface area contributed by atoms with Gasteiger partial charge in [-0.05, 0) is 45.4 Å². The van der Waals surface area contributed by atoms with Gasteiger partial charge >= 0.3 is 0 Å². The van der Waals surface area contributed by atoms with E-state index in [1.807, 2.05) is 13.8 Å². The Morgan fingerprint density at radius 2 is 1.94 bits per heavy atom. The van der Waals surface area contributed by atoms with Crippen molar-refractivity contribution in [2.45, 2.75) is 58.1 Å². The van der Waals surface area contributed by atoms with Crippen molar-refractivity contribution in [2.24, 2.45) is 11.8 Å². The second-order valence-corrected chi connectivity index (χ2v) is 5.06. The molecule has 0 aromatic heterocycles. The fourth-order valence-corrected chi connectivity index (χ4v) is 2.72. The fraction of sp³-hybridized carbons (Fsp3) is 1.00. The zero-order valence-electron chi connectivity index (χ0n) is 11.5. The monoisotopic (exact) mass is 244 g/mol. The van der Waals surface area contributed by atoms with Crippen LogP contribution < -0.4 is 11.3 Å². The van der Waals surface area contributed by atoms with Crippen molar-refractivity contribution >= 4 is 0 Å². The molecule has 1 unspecified atom stereocenters. The van der Waals surface area contributed by atoms with Crippen LogP contribution in [0, 0.1) is 5.92 Å². The molecule has 0 aromatic carbocycles. The average molecular weight is 244 g/mol. The van der Waals surface area contributed by atoms with Crippen LogP contribution in [0.2, 0.25) is 0 Å². The quantitative estimate of drug-likeness (QED) is 0.530. The molecule has 0 heterocycles. The summed E-state index contributed by atoms with van der Waals surface area (Å²) in [5.74, 6) is 6.48. The van der Waals surface area contributed by atoms with Crippen molar-refractivity contribution in [3.05, 3.63) is 0 Å². The van der Waals surface area contributed by atoms with Crippen LogP contribution in [0.4, 0.5) is 0 Å². The van der Waals surface area contributed by atoms with Crippen LogP contribution in [0.25, 0.3) is 0 Å². The largest absolute Gasteiger partial charge is 0.380 e. The van der Waals surface area contributed by atoms with Crippen LogP contribution in [0.15, 0.2) is 0 Å². The van der Waals surface area contributed by atoms with Gasteiger partial charge in [0.2, 0.25) is 0 Å². The number of ether oxygens (including phenoxy) is 2. The second kappa shape index (κ2) is 7.31. The van der Waals surface area contributed by atoms with Gasteiger partial charge in [-0.15, -0.1) is 0 Å². The molecule has 1 rings (SSSR count). The number of rotatable bonds is 7. The van der Waals surface area contributed by atoms with Gasteiger partial charge in [0.15, 0.2) is 0 Å². The smallest absolute Gasteiger partial charge is 0.0870 e. The Balaban J connectivity index is 2.66. The second-order valence-electron chi connectivity index (χ2n) is 5.06. The van der Waals surface area contributed by atoms with Gasteiger partial charge in [0.1, 0.15) is 0 Å². The third-order valence-electron chi connectivity index (χ3n) is 3.88. The Kier molecular flexibility index (Phi) is 6.41. The summed E-state index contributed by atoms with van der Waals surface area (Å²) in [6.07, 6.45) is 4.57. The minimum absolute atomic E-state index is 0.0925. The number of hydrogen-bond donors (Lipinski definition) is 2. The van der Waals surface area contributed by atoms with Gasteiger partial charge in [0.05, 0.1) is 18.2 Å². The maximum atomic E-state index is 6.05. The minimum atomic E-state index is -0.134. The molecular weight excluding hydrogens is 216 g/mol. The first-order valence-electron chi connectivity index (χ1n) is 6.86. The van der Waals surface area contributed by atoms with E-state index in [-0.39, 0.29) is 11.6 Å². The van der Waals surface area contributed by atoms with Crippen LogP contribution in [0.3, 0.4) is 0 Å². The normalized spacial score (nSPS) is 31.4. The zero-order valence-corrected chi connectivity index (χ0v) is 11.5. The molecule has 0 aliphatic heterocycles. The topological polar surface area (TPSA) is 56.5 Å². The Morgan fingerprint density at radius 1 is 1.29 bits per heavy atom. The first-order valence-corrected chi connectivity index (χ1v) is 6.86. The van der Waals surface area contributed by atoms with Crippen molar-refractivity contribution in [1.29, 1.82) is 0 Å². The van der Waals surface area contributed by atoms with Crippen LogP contribution in [-0.2, 0) is 9.47 Å². The fourth-order valence-electron chi connectivity index (χ4n) is 2.72. The number of hydrogen-bond acceptors (Lipinski definition) is 4. The lowest BCUT2D eigenvalue weighted by molar-refractivity contribution is -0.110. The standard InChI is InChI=1S/C13H28N2O2/c1-4-16-10-12(15-14)13(17-5-2)8-6-11(3)7-9-13/h11-12,15H,4-10,14H2,1-3H3. The summed E-state index contributed by atoms with van der Waals surface area (Å²) in [6, 6.07) is 0.0925. The molecule has 1 aliphatic carbocycles. The van der Waals surface area contributed by atoms with Gasteiger partial charge in [0.25, 0.3) is 0 Å². The average Bonchev–Trinajstić information content (AvgIpc) is 2.34.